The summed E-state index contributed by atoms with van der Waals surface area (Å²) in [6.45, 7) is 0. The number of nitrogens with zero attached hydrogens (tertiary/aromatic N) is 1. The molecule has 3 aromatic rings. The lowest BCUT2D eigenvalue weighted by Crippen LogP contribution is -1.97. The highest BCUT2D eigenvalue weighted by Gasteiger charge is 2.13. The number of carbonyl (C=O) groups is 1. The van der Waals surface area contributed by atoms with Crippen molar-refractivity contribution < 1.29 is 14.3 Å². The highest BCUT2D eigenvalue weighted by atomic mass is 79.9. The number of benzene rings is 2. The fraction of sp³-hybridized carbons (Fsp3) is 0.0588. The molecular formula is C17H11BrFNO2S. The van der Waals surface area contributed by atoms with E-state index < -0.39 is 11.8 Å². The number of aliphatic carboxylic acids is 1. The summed E-state index contributed by atoms with van der Waals surface area (Å²) in [6, 6.07) is 12.1. The first-order valence-electron chi connectivity index (χ1n) is 6.76. The Balaban J connectivity index is 2.11. The van der Waals surface area contributed by atoms with Crippen LogP contribution >= 0.6 is 27.3 Å². The first-order valence-corrected chi connectivity index (χ1v) is 8.37. The number of carboxylic acids is 1. The third-order valence-electron chi connectivity index (χ3n) is 3.20. The summed E-state index contributed by atoms with van der Waals surface area (Å²) >= 11 is 4.70. The van der Waals surface area contributed by atoms with Crippen LogP contribution in [-0.2, 0) is 4.79 Å². The van der Waals surface area contributed by atoms with Crippen molar-refractivity contribution in [3.05, 3.63) is 63.3 Å². The maximum atomic E-state index is 14.0. The van der Waals surface area contributed by atoms with Crippen LogP contribution in [0.2, 0.25) is 0 Å². The van der Waals surface area contributed by atoms with Crippen molar-refractivity contribution in [3.63, 3.8) is 0 Å². The van der Waals surface area contributed by atoms with Gasteiger partial charge in [0.15, 0.2) is 0 Å². The van der Waals surface area contributed by atoms with Gasteiger partial charge in [0.2, 0.25) is 0 Å². The Morgan fingerprint density at radius 1 is 1.30 bits per heavy atom. The SMILES string of the molecule is O=C(O)C/C(=C\c1cc(Br)ccc1F)c1nc2ccccc2s1. The molecule has 0 saturated heterocycles. The Kier molecular flexibility index (Phi) is 4.54. The fourth-order valence-corrected chi connectivity index (χ4v) is 3.53. The lowest BCUT2D eigenvalue weighted by molar-refractivity contribution is -0.135. The zero-order valence-electron chi connectivity index (χ0n) is 11.8. The quantitative estimate of drug-likeness (QED) is 0.663. The van der Waals surface area contributed by atoms with Crippen LogP contribution in [0.1, 0.15) is 17.0 Å². The number of hydrogen-bond donors (Lipinski definition) is 1. The molecular weight excluding hydrogens is 381 g/mol. The van der Waals surface area contributed by atoms with Gasteiger partial charge >= 0.3 is 5.97 Å². The van der Waals surface area contributed by atoms with Gasteiger partial charge in [0.1, 0.15) is 10.8 Å². The molecule has 0 saturated carbocycles. The summed E-state index contributed by atoms with van der Waals surface area (Å²) in [5, 5.41) is 9.75. The van der Waals surface area contributed by atoms with E-state index in [0.717, 1.165) is 14.7 Å². The Morgan fingerprint density at radius 2 is 2.09 bits per heavy atom. The molecule has 0 fully saturated rings. The molecule has 0 atom stereocenters. The molecule has 0 spiro atoms. The molecule has 3 nitrogen and oxygen atoms in total. The number of hydrogen-bond acceptors (Lipinski definition) is 3. The topological polar surface area (TPSA) is 50.2 Å². The first kappa shape index (κ1) is 15.8. The molecule has 6 heteroatoms. The van der Waals surface area contributed by atoms with Gasteiger partial charge in [-0.05, 0) is 42.0 Å². The first-order chi connectivity index (χ1) is 11.0. The predicted molar refractivity (Wildman–Crippen MR) is 93.8 cm³/mol. The van der Waals surface area contributed by atoms with E-state index in [0.29, 0.717) is 16.1 Å². The number of carboxylic acid groups (broad SMARTS) is 1. The zero-order chi connectivity index (χ0) is 16.4. The van der Waals surface area contributed by atoms with E-state index in [9.17, 15) is 9.18 Å². The van der Waals surface area contributed by atoms with Crippen LogP contribution in [0.5, 0.6) is 0 Å². The number of fused-ring (bicyclic) bond motifs is 1. The fourth-order valence-electron chi connectivity index (χ4n) is 2.17. The van der Waals surface area contributed by atoms with Crippen LogP contribution in [0.15, 0.2) is 46.9 Å². The highest BCUT2D eigenvalue weighted by Crippen LogP contribution is 2.31. The van der Waals surface area contributed by atoms with Crippen molar-refractivity contribution in [2.45, 2.75) is 6.42 Å². The minimum absolute atomic E-state index is 0.216. The molecule has 1 heterocycles. The van der Waals surface area contributed by atoms with Crippen LogP contribution < -0.4 is 0 Å². The maximum absolute atomic E-state index is 14.0. The van der Waals surface area contributed by atoms with E-state index in [1.807, 2.05) is 24.3 Å². The van der Waals surface area contributed by atoms with Crippen molar-refractivity contribution >= 4 is 55.1 Å². The Bertz CT molecular complexity index is 887. The molecule has 1 N–H and O–H groups in total. The van der Waals surface area contributed by atoms with E-state index in [1.165, 1.54) is 17.4 Å². The number of para-hydroxylation sites is 1. The zero-order valence-corrected chi connectivity index (χ0v) is 14.2. The lowest BCUT2D eigenvalue weighted by Gasteiger charge is -2.03. The second-order valence-electron chi connectivity index (χ2n) is 4.89. The summed E-state index contributed by atoms with van der Waals surface area (Å²) in [4.78, 5) is 15.6. The highest BCUT2D eigenvalue weighted by molar-refractivity contribution is 9.10. The van der Waals surface area contributed by atoms with Gasteiger partial charge < -0.3 is 5.11 Å². The van der Waals surface area contributed by atoms with Gasteiger partial charge in [-0.25, -0.2) is 9.37 Å². The summed E-state index contributed by atoms with van der Waals surface area (Å²) in [5.41, 5.74) is 1.61. The molecule has 0 unspecified atom stereocenters. The largest absolute Gasteiger partial charge is 0.481 e. The molecule has 0 amide bonds. The van der Waals surface area contributed by atoms with Crippen molar-refractivity contribution in [1.82, 2.24) is 4.98 Å². The molecule has 2 aromatic carbocycles. The van der Waals surface area contributed by atoms with Gasteiger partial charge in [-0.3, -0.25) is 4.79 Å². The average Bonchev–Trinajstić information content (AvgIpc) is 2.93. The molecule has 0 radical (unpaired) electrons. The third-order valence-corrected chi connectivity index (χ3v) is 4.80. The van der Waals surface area contributed by atoms with E-state index in [-0.39, 0.29) is 6.42 Å². The lowest BCUT2D eigenvalue weighted by atomic mass is 10.1. The van der Waals surface area contributed by atoms with E-state index in [1.54, 1.807) is 18.2 Å². The third kappa shape index (κ3) is 3.65. The summed E-state index contributed by atoms with van der Waals surface area (Å²) in [6.07, 6.45) is 1.33. The van der Waals surface area contributed by atoms with E-state index >= 15 is 0 Å². The second-order valence-corrected chi connectivity index (χ2v) is 6.84. The van der Waals surface area contributed by atoms with Crippen molar-refractivity contribution in [2.24, 2.45) is 0 Å². The summed E-state index contributed by atoms with van der Waals surface area (Å²) < 4.78 is 15.7. The Morgan fingerprint density at radius 3 is 2.83 bits per heavy atom. The second kappa shape index (κ2) is 6.60. The monoisotopic (exact) mass is 391 g/mol. The van der Waals surface area contributed by atoms with E-state index in [4.69, 9.17) is 5.11 Å². The van der Waals surface area contributed by atoms with Gasteiger partial charge in [0.25, 0.3) is 0 Å². The smallest absolute Gasteiger partial charge is 0.307 e. The molecule has 23 heavy (non-hydrogen) atoms. The maximum Gasteiger partial charge on any atom is 0.307 e. The van der Waals surface area contributed by atoms with Crippen molar-refractivity contribution in [2.75, 3.05) is 0 Å². The van der Waals surface area contributed by atoms with Gasteiger partial charge in [-0.2, -0.15) is 0 Å². The Labute approximate surface area is 144 Å². The minimum atomic E-state index is -0.981. The standard InChI is InChI=1S/C17H11BrFNO2S/c18-12-5-6-13(19)10(8-12)7-11(9-16(21)22)17-20-14-3-1-2-4-15(14)23-17/h1-8H,9H2,(H,21,22)/b11-7+. The molecule has 116 valence electrons. The summed E-state index contributed by atoms with van der Waals surface area (Å²) in [7, 11) is 0. The number of rotatable bonds is 4. The van der Waals surface area contributed by atoms with Crippen molar-refractivity contribution in [3.8, 4) is 0 Å². The van der Waals surface area contributed by atoms with Crippen LogP contribution in [0, 0.1) is 5.82 Å². The van der Waals surface area contributed by atoms with Gasteiger partial charge in [0, 0.05) is 10.0 Å². The average molecular weight is 392 g/mol. The number of thiazole rings is 1. The van der Waals surface area contributed by atoms with E-state index in [2.05, 4.69) is 20.9 Å². The van der Waals surface area contributed by atoms with Gasteiger partial charge in [-0.1, -0.05) is 28.1 Å². The Hall–Kier alpha value is -2.05. The van der Waals surface area contributed by atoms with Crippen LogP contribution in [0.3, 0.4) is 0 Å². The predicted octanol–water partition coefficient (Wildman–Crippen LogP) is 5.21. The van der Waals surface area contributed by atoms with Crippen LogP contribution in [-0.4, -0.2) is 16.1 Å². The van der Waals surface area contributed by atoms with Gasteiger partial charge in [0.05, 0.1) is 16.6 Å². The molecule has 1 aromatic heterocycles. The summed E-state index contributed by atoms with van der Waals surface area (Å²) in [5.74, 6) is -1.39. The molecule has 0 aliphatic heterocycles. The number of aromatic nitrogens is 1. The molecule has 0 bridgehead atoms. The number of halogens is 2. The molecule has 0 aliphatic rings. The normalized spacial score (nSPS) is 11.8. The minimum Gasteiger partial charge on any atom is -0.481 e. The molecule has 0 aliphatic carbocycles. The molecule has 3 rings (SSSR count). The van der Waals surface area contributed by atoms with Gasteiger partial charge in [-0.15, -0.1) is 11.3 Å². The van der Waals surface area contributed by atoms with Crippen LogP contribution in [0.4, 0.5) is 4.39 Å². The van der Waals surface area contributed by atoms with Crippen molar-refractivity contribution in [1.29, 1.82) is 0 Å². The van der Waals surface area contributed by atoms with Crippen LogP contribution in [0.25, 0.3) is 21.9 Å².